The number of carbonyl (C=O) groups excluding carboxylic acids is 2. The molecule has 6 nitrogen and oxygen atoms in total. The van der Waals surface area contributed by atoms with E-state index in [0.29, 0.717) is 17.1 Å². The van der Waals surface area contributed by atoms with E-state index in [9.17, 15) is 9.59 Å². The van der Waals surface area contributed by atoms with Gasteiger partial charge in [0.15, 0.2) is 0 Å². The first kappa shape index (κ1) is 19.2. The molecule has 2 aliphatic rings. The number of carbonyl (C=O) groups is 2. The Hall–Kier alpha value is -2.12. The number of thioether (sulfide) groups is 1. The van der Waals surface area contributed by atoms with E-state index in [1.165, 1.54) is 11.8 Å². The highest BCUT2D eigenvalue weighted by atomic mass is 32.2. The van der Waals surface area contributed by atoms with Gasteiger partial charge in [0.05, 0.1) is 27.5 Å². The molecule has 2 N–H and O–H groups in total. The van der Waals surface area contributed by atoms with E-state index < -0.39 is 0 Å². The molecule has 1 aliphatic heterocycles. The summed E-state index contributed by atoms with van der Waals surface area (Å²) in [5, 5.41) is 7.21. The summed E-state index contributed by atoms with van der Waals surface area (Å²) in [6, 6.07) is 9.72. The molecule has 1 saturated carbocycles. The van der Waals surface area contributed by atoms with Crippen LogP contribution in [0.15, 0.2) is 35.4 Å². The lowest BCUT2D eigenvalue weighted by atomic mass is 10.1. The van der Waals surface area contributed by atoms with E-state index in [1.807, 2.05) is 31.2 Å². The van der Waals surface area contributed by atoms with Crippen LogP contribution in [0.2, 0.25) is 0 Å². The summed E-state index contributed by atoms with van der Waals surface area (Å²) in [7, 11) is 0. The molecule has 0 spiro atoms. The van der Waals surface area contributed by atoms with E-state index in [4.69, 9.17) is 4.74 Å². The Kier molecular flexibility index (Phi) is 5.82. The van der Waals surface area contributed by atoms with Crippen molar-refractivity contribution in [1.29, 1.82) is 0 Å². The normalized spacial score (nSPS) is 20.1. The molecule has 1 saturated heterocycles. The zero-order valence-electron chi connectivity index (χ0n) is 15.9. The molecule has 1 aromatic carbocycles. The Morgan fingerprint density at radius 1 is 1.29 bits per heavy atom. The van der Waals surface area contributed by atoms with Gasteiger partial charge in [-0.25, -0.2) is 4.98 Å². The van der Waals surface area contributed by atoms with Crippen molar-refractivity contribution in [2.45, 2.75) is 55.0 Å². The van der Waals surface area contributed by atoms with Gasteiger partial charge in [0.1, 0.15) is 0 Å². The molecule has 1 aliphatic carbocycles. The van der Waals surface area contributed by atoms with Gasteiger partial charge in [0.25, 0.3) is 5.91 Å². The molecule has 2 unspecified atom stereocenters. The number of para-hydroxylation sites is 1. The molecular weight excluding hydrogens is 374 g/mol. The summed E-state index contributed by atoms with van der Waals surface area (Å²) in [4.78, 5) is 29.8. The molecule has 7 heteroatoms. The maximum Gasteiger partial charge on any atom is 0.252 e. The lowest BCUT2D eigenvalue weighted by Gasteiger charge is -2.15. The number of fused-ring (bicyclic) bond motifs is 1. The number of hydrogen-bond donors (Lipinski definition) is 2. The molecule has 28 heavy (non-hydrogen) atoms. The topological polar surface area (TPSA) is 80.3 Å². The van der Waals surface area contributed by atoms with Crippen LogP contribution in [0.25, 0.3) is 10.9 Å². The quantitative estimate of drug-likeness (QED) is 0.700. The fourth-order valence-corrected chi connectivity index (χ4v) is 4.18. The highest BCUT2D eigenvalue weighted by Gasteiger charge is 2.25. The number of nitrogens with one attached hydrogen (secondary N) is 2. The largest absolute Gasteiger partial charge is 0.376 e. The third-order valence-electron chi connectivity index (χ3n) is 5.04. The number of ether oxygens (including phenoxy) is 1. The van der Waals surface area contributed by atoms with Crippen LogP contribution in [0.1, 0.15) is 43.0 Å². The standard InChI is InChI=1S/C21H25N3O3S/c1-13(20(25)22-12-15-5-4-10-27-15)28-19-11-17(21(26)23-14-8-9-14)16-6-2-3-7-18(16)24-19/h2-3,6-7,11,13-15H,4-5,8-10,12H2,1H3,(H,22,25)(H,23,26). The summed E-state index contributed by atoms with van der Waals surface area (Å²) in [5.74, 6) is -0.113. The van der Waals surface area contributed by atoms with E-state index >= 15 is 0 Å². The van der Waals surface area contributed by atoms with Crippen LogP contribution < -0.4 is 10.6 Å². The molecule has 2 atom stereocenters. The highest BCUT2D eigenvalue weighted by Crippen LogP contribution is 2.28. The fraction of sp³-hybridized carbons (Fsp3) is 0.476. The molecule has 0 bridgehead atoms. The first-order chi connectivity index (χ1) is 13.6. The van der Waals surface area contributed by atoms with Crippen molar-refractivity contribution in [3.8, 4) is 0 Å². The number of hydrogen-bond acceptors (Lipinski definition) is 5. The van der Waals surface area contributed by atoms with Crippen molar-refractivity contribution in [3.05, 3.63) is 35.9 Å². The average Bonchev–Trinajstić information content (AvgIpc) is 3.35. The van der Waals surface area contributed by atoms with Crippen LogP contribution in [0.3, 0.4) is 0 Å². The molecule has 148 valence electrons. The number of pyridine rings is 1. The Bertz CT molecular complexity index is 878. The smallest absolute Gasteiger partial charge is 0.252 e. The minimum absolute atomic E-state index is 0.0422. The van der Waals surface area contributed by atoms with Gasteiger partial charge in [0.2, 0.25) is 5.91 Å². The third kappa shape index (κ3) is 4.64. The second-order valence-electron chi connectivity index (χ2n) is 7.41. The van der Waals surface area contributed by atoms with Gasteiger partial charge in [-0.1, -0.05) is 30.0 Å². The van der Waals surface area contributed by atoms with Gasteiger partial charge < -0.3 is 15.4 Å². The predicted octanol–water partition coefficient (Wildman–Crippen LogP) is 2.90. The molecule has 2 aromatic rings. The van der Waals surface area contributed by atoms with Crippen molar-refractivity contribution in [2.24, 2.45) is 0 Å². The van der Waals surface area contributed by atoms with E-state index in [-0.39, 0.29) is 29.2 Å². The van der Waals surface area contributed by atoms with E-state index in [2.05, 4.69) is 15.6 Å². The first-order valence-corrected chi connectivity index (χ1v) is 10.7. The minimum atomic E-state index is -0.311. The summed E-state index contributed by atoms with van der Waals surface area (Å²) in [5.41, 5.74) is 1.38. The van der Waals surface area contributed by atoms with Gasteiger partial charge >= 0.3 is 0 Å². The Labute approximate surface area is 168 Å². The monoisotopic (exact) mass is 399 g/mol. The Balaban J connectivity index is 1.47. The van der Waals surface area contributed by atoms with E-state index in [1.54, 1.807) is 6.07 Å². The van der Waals surface area contributed by atoms with E-state index in [0.717, 1.165) is 43.2 Å². The van der Waals surface area contributed by atoms with Gasteiger partial charge in [-0.3, -0.25) is 9.59 Å². The zero-order valence-corrected chi connectivity index (χ0v) is 16.8. The fourth-order valence-electron chi connectivity index (χ4n) is 3.29. The summed E-state index contributed by atoms with van der Waals surface area (Å²) in [6.07, 6.45) is 4.25. The maximum absolute atomic E-state index is 12.7. The summed E-state index contributed by atoms with van der Waals surface area (Å²) in [6.45, 7) is 3.18. The number of rotatable bonds is 7. The van der Waals surface area contributed by atoms with Crippen LogP contribution in [-0.4, -0.2) is 47.3 Å². The van der Waals surface area contributed by atoms with Crippen LogP contribution in [0.4, 0.5) is 0 Å². The van der Waals surface area contributed by atoms with Crippen molar-refractivity contribution >= 4 is 34.5 Å². The second kappa shape index (κ2) is 8.49. The number of aromatic nitrogens is 1. The zero-order chi connectivity index (χ0) is 19.5. The van der Waals surface area contributed by atoms with Crippen LogP contribution in [0.5, 0.6) is 0 Å². The molecule has 2 heterocycles. The molecule has 0 radical (unpaired) electrons. The molecule has 2 amide bonds. The van der Waals surface area contributed by atoms with Crippen molar-refractivity contribution < 1.29 is 14.3 Å². The summed E-state index contributed by atoms with van der Waals surface area (Å²) >= 11 is 1.37. The maximum atomic E-state index is 12.7. The van der Waals surface area contributed by atoms with Gasteiger partial charge in [-0.15, -0.1) is 0 Å². The second-order valence-corrected chi connectivity index (χ2v) is 8.77. The average molecular weight is 400 g/mol. The van der Waals surface area contributed by atoms with Crippen molar-refractivity contribution in [1.82, 2.24) is 15.6 Å². The highest BCUT2D eigenvalue weighted by molar-refractivity contribution is 8.00. The van der Waals surface area contributed by atoms with Crippen LogP contribution in [0, 0.1) is 0 Å². The lowest BCUT2D eigenvalue weighted by molar-refractivity contribution is -0.120. The number of nitrogens with zero attached hydrogens (tertiary/aromatic N) is 1. The molecule has 4 rings (SSSR count). The first-order valence-electron chi connectivity index (χ1n) is 9.87. The molecule has 1 aromatic heterocycles. The minimum Gasteiger partial charge on any atom is -0.376 e. The predicted molar refractivity (Wildman–Crippen MR) is 110 cm³/mol. The molecule has 2 fully saturated rings. The lowest BCUT2D eigenvalue weighted by Crippen LogP contribution is -2.36. The van der Waals surface area contributed by atoms with Crippen molar-refractivity contribution in [2.75, 3.05) is 13.2 Å². The van der Waals surface area contributed by atoms with Crippen LogP contribution >= 0.6 is 11.8 Å². The van der Waals surface area contributed by atoms with Gasteiger partial charge in [0, 0.05) is 24.6 Å². The Morgan fingerprint density at radius 2 is 2.11 bits per heavy atom. The number of amides is 2. The third-order valence-corrected chi connectivity index (χ3v) is 6.06. The number of benzene rings is 1. The van der Waals surface area contributed by atoms with Gasteiger partial charge in [-0.2, -0.15) is 0 Å². The Morgan fingerprint density at radius 3 is 2.86 bits per heavy atom. The summed E-state index contributed by atoms with van der Waals surface area (Å²) < 4.78 is 5.55. The molecular formula is C21H25N3O3S. The van der Waals surface area contributed by atoms with Gasteiger partial charge in [-0.05, 0) is 44.7 Å². The van der Waals surface area contributed by atoms with Crippen LogP contribution in [-0.2, 0) is 9.53 Å². The van der Waals surface area contributed by atoms with Crippen molar-refractivity contribution in [3.63, 3.8) is 0 Å². The SMILES string of the molecule is CC(Sc1cc(C(=O)NC2CC2)c2ccccc2n1)C(=O)NCC1CCCO1.